The van der Waals surface area contributed by atoms with E-state index in [-0.39, 0.29) is 22.9 Å². The molecule has 0 unspecified atom stereocenters. The second kappa shape index (κ2) is 6.19. The molecule has 6 nitrogen and oxygen atoms in total. The molecule has 0 radical (unpaired) electrons. The monoisotopic (exact) mass is 266 g/mol. The highest BCUT2D eigenvalue weighted by Crippen LogP contribution is 2.22. The van der Waals surface area contributed by atoms with Gasteiger partial charge in [-0.3, -0.25) is 0 Å². The average Bonchev–Trinajstić information content (AvgIpc) is 2.30. The molecule has 6 heteroatoms. The molecule has 0 aliphatic carbocycles. The summed E-state index contributed by atoms with van der Waals surface area (Å²) in [6, 6.07) is 3.26. The molecule has 0 amide bonds. The molecule has 104 valence electrons. The van der Waals surface area contributed by atoms with E-state index in [1.807, 2.05) is 13.8 Å². The van der Waals surface area contributed by atoms with Crippen molar-refractivity contribution >= 4 is 17.6 Å². The number of rotatable bonds is 5. The third kappa shape index (κ3) is 4.26. The van der Waals surface area contributed by atoms with Crippen LogP contribution in [0.5, 0.6) is 5.75 Å². The van der Waals surface area contributed by atoms with Crippen LogP contribution in [0.2, 0.25) is 0 Å². The van der Waals surface area contributed by atoms with Crippen LogP contribution in [0.4, 0.5) is 5.69 Å². The van der Waals surface area contributed by atoms with E-state index >= 15 is 0 Å². The van der Waals surface area contributed by atoms with Crippen molar-refractivity contribution in [2.45, 2.75) is 26.3 Å². The molecule has 0 aromatic heterocycles. The number of hydrogen-bond acceptors (Lipinski definition) is 5. The summed E-state index contributed by atoms with van der Waals surface area (Å²) in [5, 5.41) is 9.01. The fourth-order valence-corrected chi connectivity index (χ4v) is 1.59. The summed E-state index contributed by atoms with van der Waals surface area (Å²) in [6.07, 6.45) is 0.468. The first kappa shape index (κ1) is 15.0. The number of aromatic carboxylic acids is 1. The number of carboxylic acids is 1. The van der Waals surface area contributed by atoms with Crippen LogP contribution in [0.25, 0.3) is 0 Å². The zero-order chi connectivity index (χ0) is 14.6. The normalized spacial score (nSPS) is 12.2. The topological polar surface area (TPSA) is 116 Å². The number of nitrogen functional groups attached to an aromatic ring is 1. The van der Waals surface area contributed by atoms with Crippen molar-refractivity contribution in [1.82, 2.24) is 0 Å². The van der Waals surface area contributed by atoms with Crippen LogP contribution < -0.4 is 16.2 Å². The van der Waals surface area contributed by atoms with Gasteiger partial charge in [-0.1, -0.05) is 13.8 Å². The van der Waals surface area contributed by atoms with Crippen LogP contribution in [-0.4, -0.2) is 23.1 Å². The predicted molar refractivity (Wildman–Crippen MR) is 70.9 cm³/mol. The molecule has 1 rings (SSSR count). The molecule has 0 saturated heterocycles. The third-order valence-electron chi connectivity index (χ3n) is 2.47. The van der Waals surface area contributed by atoms with E-state index < -0.39 is 18.0 Å². The number of hydrogen-bond donors (Lipinski definition) is 3. The van der Waals surface area contributed by atoms with E-state index in [9.17, 15) is 9.59 Å². The first-order chi connectivity index (χ1) is 8.81. The van der Waals surface area contributed by atoms with Gasteiger partial charge in [-0.25, -0.2) is 9.59 Å². The van der Waals surface area contributed by atoms with Crippen molar-refractivity contribution in [3.05, 3.63) is 23.8 Å². The number of nitrogens with two attached hydrogens (primary N) is 2. The van der Waals surface area contributed by atoms with E-state index in [1.54, 1.807) is 0 Å². The first-order valence-corrected chi connectivity index (χ1v) is 5.91. The Morgan fingerprint density at radius 3 is 2.53 bits per heavy atom. The lowest BCUT2D eigenvalue weighted by atomic mass is 10.0. The van der Waals surface area contributed by atoms with Gasteiger partial charge in [-0.05, 0) is 30.5 Å². The molecule has 0 bridgehead atoms. The van der Waals surface area contributed by atoms with Crippen molar-refractivity contribution in [3.63, 3.8) is 0 Å². The largest absolute Gasteiger partial charge is 0.478 e. The lowest BCUT2D eigenvalue weighted by molar-refractivity contribution is -0.136. The Labute approximate surface area is 111 Å². The summed E-state index contributed by atoms with van der Waals surface area (Å²) in [5.41, 5.74) is 11.3. The van der Waals surface area contributed by atoms with Crippen molar-refractivity contribution in [3.8, 4) is 5.75 Å². The van der Waals surface area contributed by atoms with Gasteiger partial charge in [0, 0.05) is 5.69 Å². The van der Waals surface area contributed by atoms with Crippen LogP contribution >= 0.6 is 0 Å². The van der Waals surface area contributed by atoms with Gasteiger partial charge in [-0.2, -0.15) is 0 Å². The molecule has 1 atom stereocenters. The van der Waals surface area contributed by atoms with Gasteiger partial charge in [-0.15, -0.1) is 0 Å². The lowest BCUT2D eigenvalue weighted by Gasteiger charge is -2.14. The fourth-order valence-electron chi connectivity index (χ4n) is 1.59. The number of carboxylic acid groups (broad SMARTS) is 1. The summed E-state index contributed by atoms with van der Waals surface area (Å²) in [6.45, 7) is 3.86. The van der Waals surface area contributed by atoms with Gasteiger partial charge in [0.2, 0.25) is 0 Å². The van der Waals surface area contributed by atoms with E-state index in [4.69, 9.17) is 21.3 Å². The molecule has 19 heavy (non-hydrogen) atoms. The van der Waals surface area contributed by atoms with Gasteiger partial charge in [0.25, 0.3) is 0 Å². The zero-order valence-corrected chi connectivity index (χ0v) is 10.9. The highest BCUT2D eigenvalue weighted by atomic mass is 16.5. The Hall–Kier alpha value is -2.08. The molecule has 0 spiro atoms. The highest BCUT2D eigenvalue weighted by molar-refractivity contribution is 5.93. The van der Waals surface area contributed by atoms with Gasteiger partial charge >= 0.3 is 11.9 Å². The van der Waals surface area contributed by atoms with E-state index in [0.717, 1.165) is 0 Å². The quantitative estimate of drug-likeness (QED) is 0.419. The SMILES string of the molecule is CC(C)C[C@H](N)C(=O)Oc1ccc(N)cc1C(=O)O. The molecule has 0 heterocycles. The molecule has 1 aromatic carbocycles. The smallest absolute Gasteiger partial charge is 0.339 e. The minimum Gasteiger partial charge on any atom is -0.478 e. The molecule has 0 aliphatic rings. The zero-order valence-electron chi connectivity index (χ0n) is 10.9. The maximum Gasteiger partial charge on any atom is 0.339 e. The van der Waals surface area contributed by atoms with Crippen LogP contribution in [0.15, 0.2) is 18.2 Å². The summed E-state index contributed by atoms with van der Waals surface area (Å²) >= 11 is 0. The Kier molecular flexibility index (Phi) is 4.88. The lowest BCUT2D eigenvalue weighted by Crippen LogP contribution is -2.35. The first-order valence-electron chi connectivity index (χ1n) is 5.91. The summed E-state index contributed by atoms with van der Waals surface area (Å²) in [4.78, 5) is 22.8. The number of esters is 1. The van der Waals surface area contributed by atoms with Crippen LogP contribution in [-0.2, 0) is 4.79 Å². The molecule has 5 N–H and O–H groups in total. The molecular weight excluding hydrogens is 248 g/mol. The van der Waals surface area contributed by atoms with Crippen molar-refractivity contribution in [2.24, 2.45) is 11.7 Å². The molecule has 1 aromatic rings. The molecular formula is C13H18N2O4. The van der Waals surface area contributed by atoms with Crippen LogP contribution in [0.1, 0.15) is 30.6 Å². The maximum atomic E-state index is 11.7. The van der Waals surface area contributed by atoms with E-state index in [0.29, 0.717) is 6.42 Å². The minimum absolute atomic E-state index is 0.0501. The standard InChI is InChI=1S/C13H18N2O4/c1-7(2)5-10(15)13(18)19-11-4-3-8(14)6-9(11)12(16)17/h3-4,6-7,10H,5,14-15H2,1-2H3,(H,16,17)/t10-/m0/s1. The average molecular weight is 266 g/mol. The van der Waals surface area contributed by atoms with Crippen LogP contribution in [0, 0.1) is 5.92 Å². The second-order valence-electron chi connectivity index (χ2n) is 4.72. The number of benzene rings is 1. The highest BCUT2D eigenvalue weighted by Gasteiger charge is 2.20. The Morgan fingerprint density at radius 1 is 1.37 bits per heavy atom. The predicted octanol–water partition coefficient (Wildman–Crippen LogP) is 1.25. The number of carbonyl (C=O) groups is 2. The molecule has 0 aliphatic heterocycles. The minimum atomic E-state index is -1.22. The second-order valence-corrected chi connectivity index (χ2v) is 4.72. The van der Waals surface area contributed by atoms with Crippen LogP contribution in [0.3, 0.4) is 0 Å². The third-order valence-corrected chi connectivity index (χ3v) is 2.47. The van der Waals surface area contributed by atoms with E-state index in [1.165, 1.54) is 18.2 Å². The maximum absolute atomic E-state index is 11.7. The Morgan fingerprint density at radius 2 is 2.00 bits per heavy atom. The Balaban J connectivity index is 2.87. The summed E-state index contributed by atoms with van der Waals surface area (Å²) in [5.74, 6) is -1.67. The molecule has 0 fully saturated rings. The summed E-state index contributed by atoms with van der Waals surface area (Å²) in [7, 11) is 0. The summed E-state index contributed by atoms with van der Waals surface area (Å²) < 4.78 is 5.02. The molecule has 0 saturated carbocycles. The number of anilines is 1. The van der Waals surface area contributed by atoms with Crippen molar-refractivity contribution in [1.29, 1.82) is 0 Å². The fraction of sp³-hybridized carbons (Fsp3) is 0.385. The van der Waals surface area contributed by atoms with Crippen molar-refractivity contribution in [2.75, 3.05) is 5.73 Å². The number of ether oxygens (including phenoxy) is 1. The van der Waals surface area contributed by atoms with Gasteiger partial charge in [0.15, 0.2) is 0 Å². The van der Waals surface area contributed by atoms with Gasteiger partial charge in [0.1, 0.15) is 17.4 Å². The van der Waals surface area contributed by atoms with Crippen molar-refractivity contribution < 1.29 is 19.4 Å². The van der Waals surface area contributed by atoms with E-state index in [2.05, 4.69) is 0 Å². The number of carbonyl (C=O) groups excluding carboxylic acids is 1. The van der Waals surface area contributed by atoms with Gasteiger partial charge < -0.3 is 21.3 Å². The Bertz CT molecular complexity index is 486. The van der Waals surface area contributed by atoms with Gasteiger partial charge in [0.05, 0.1) is 0 Å².